The molecule has 2 N–H and O–H groups in total. The van der Waals surface area contributed by atoms with Crippen molar-refractivity contribution in [2.45, 2.75) is 25.6 Å². The third kappa shape index (κ3) is 2.39. The topological polar surface area (TPSA) is 48.9 Å². The number of H-pyrrole nitrogens is 1. The number of fused-ring (bicyclic) bond motifs is 1. The maximum Gasteiger partial charge on any atom is 0.425 e. The van der Waals surface area contributed by atoms with E-state index in [1.165, 1.54) is 26.0 Å². The molecule has 0 fully saturated rings. The molecule has 8 heteroatoms. The fourth-order valence-corrected chi connectivity index (χ4v) is 2.45. The zero-order valence-corrected chi connectivity index (χ0v) is 13.2. The maximum absolute atomic E-state index is 13.5. The van der Waals surface area contributed by atoms with Gasteiger partial charge in [-0.15, -0.1) is 6.58 Å². The van der Waals surface area contributed by atoms with E-state index in [2.05, 4.69) is 16.5 Å². The highest BCUT2D eigenvalue weighted by molar-refractivity contribution is 6.42. The van der Waals surface area contributed by atoms with Crippen molar-refractivity contribution in [2.24, 2.45) is 5.41 Å². The SMILES string of the molecule is C=CC(C)(C)C(O)(c1nc2cc(Cl)c(Cl)cc2[nH]1)C(F)(F)F. The minimum Gasteiger partial charge on any atom is -0.373 e. The highest BCUT2D eigenvalue weighted by Gasteiger charge is 2.64. The lowest BCUT2D eigenvalue weighted by Crippen LogP contribution is -2.53. The molecular weight excluding hydrogens is 340 g/mol. The molecule has 0 radical (unpaired) electrons. The Morgan fingerprint density at radius 2 is 1.77 bits per heavy atom. The molecule has 0 saturated carbocycles. The molecule has 1 aromatic heterocycles. The smallest absolute Gasteiger partial charge is 0.373 e. The van der Waals surface area contributed by atoms with E-state index in [1.807, 2.05) is 0 Å². The lowest BCUT2D eigenvalue weighted by molar-refractivity contribution is -0.299. The van der Waals surface area contributed by atoms with Crippen molar-refractivity contribution in [1.29, 1.82) is 0 Å². The molecule has 2 rings (SSSR count). The molecule has 120 valence electrons. The number of nitrogens with zero attached hydrogens (tertiary/aromatic N) is 1. The van der Waals surface area contributed by atoms with Gasteiger partial charge in [-0.25, -0.2) is 4.98 Å². The Kier molecular flexibility index (Phi) is 4.00. The summed E-state index contributed by atoms with van der Waals surface area (Å²) in [5, 5.41) is 10.8. The monoisotopic (exact) mass is 352 g/mol. The number of hydrogen-bond acceptors (Lipinski definition) is 2. The van der Waals surface area contributed by atoms with Gasteiger partial charge in [-0.2, -0.15) is 13.2 Å². The van der Waals surface area contributed by atoms with E-state index in [0.29, 0.717) is 0 Å². The lowest BCUT2D eigenvalue weighted by Gasteiger charge is -2.40. The van der Waals surface area contributed by atoms with Crippen LogP contribution >= 0.6 is 23.2 Å². The second-order valence-corrected chi connectivity index (χ2v) is 6.32. The maximum atomic E-state index is 13.5. The average molecular weight is 353 g/mol. The Balaban J connectivity index is 2.76. The van der Waals surface area contributed by atoms with Gasteiger partial charge in [-0.1, -0.05) is 43.1 Å². The summed E-state index contributed by atoms with van der Waals surface area (Å²) in [6, 6.07) is 2.68. The normalized spacial score (nSPS) is 15.8. The summed E-state index contributed by atoms with van der Waals surface area (Å²) < 4.78 is 40.6. The van der Waals surface area contributed by atoms with Crippen LogP contribution in [0.4, 0.5) is 13.2 Å². The van der Waals surface area contributed by atoms with Crippen LogP contribution in [0.2, 0.25) is 10.0 Å². The van der Waals surface area contributed by atoms with Crippen LogP contribution in [0.25, 0.3) is 11.0 Å². The van der Waals surface area contributed by atoms with Crippen LogP contribution in [0.1, 0.15) is 19.7 Å². The Labute approximate surface area is 134 Å². The molecule has 1 aromatic carbocycles. The van der Waals surface area contributed by atoms with Crippen LogP contribution < -0.4 is 0 Å². The number of aromatic amines is 1. The largest absolute Gasteiger partial charge is 0.425 e. The fourth-order valence-electron chi connectivity index (χ4n) is 2.13. The number of alkyl halides is 3. The first-order chi connectivity index (χ1) is 9.94. The van der Waals surface area contributed by atoms with Gasteiger partial charge in [0.15, 0.2) is 0 Å². The summed E-state index contributed by atoms with van der Waals surface area (Å²) in [5.74, 6) is -0.641. The van der Waals surface area contributed by atoms with E-state index in [0.717, 1.165) is 6.08 Å². The summed E-state index contributed by atoms with van der Waals surface area (Å²) >= 11 is 11.7. The Morgan fingerprint density at radius 3 is 2.27 bits per heavy atom. The van der Waals surface area contributed by atoms with Crippen molar-refractivity contribution in [3.63, 3.8) is 0 Å². The number of aromatic nitrogens is 2. The molecule has 1 unspecified atom stereocenters. The van der Waals surface area contributed by atoms with Gasteiger partial charge >= 0.3 is 6.18 Å². The first kappa shape index (κ1) is 17.1. The number of rotatable bonds is 3. The summed E-state index contributed by atoms with van der Waals surface area (Å²) in [5.41, 5.74) is -4.54. The zero-order chi connectivity index (χ0) is 16.9. The molecule has 0 aliphatic rings. The third-order valence-corrected chi connectivity index (χ3v) is 4.44. The van der Waals surface area contributed by atoms with Gasteiger partial charge in [0.05, 0.1) is 21.1 Å². The number of hydrogen-bond donors (Lipinski definition) is 2. The third-order valence-electron chi connectivity index (χ3n) is 3.72. The molecule has 1 atom stereocenters. The Morgan fingerprint density at radius 1 is 1.23 bits per heavy atom. The molecule has 2 aromatic rings. The van der Waals surface area contributed by atoms with E-state index >= 15 is 0 Å². The number of aliphatic hydroxyl groups is 1. The molecule has 1 heterocycles. The Bertz CT molecular complexity index is 700. The number of nitrogens with one attached hydrogen (secondary N) is 1. The van der Waals surface area contributed by atoms with Gasteiger partial charge in [-0.3, -0.25) is 0 Å². The van der Waals surface area contributed by atoms with Crippen LogP contribution in [0, 0.1) is 5.41 Å². The second-order valence-electron chi connectivity index (χ2n) is 5.50. The summed E-state index contributed by atoms with van der Waals surface area (Å²) in [4.78, 5) is 6.33. The van der Waals surface area contributed by atoms with Crippen LogP contribution in [0.15, 0.2) is 24.8 Å². The number of benzene rings is 1. The van der Waals surface area contributed by atoms with Gasteiger partial charge in [-0.05, 0) is 12.1 Å². The molecule has 22 heavy (non-hydrogen) atoms. The molecule has 0 bridgehead atoms. The van der Waals surface area contributed by atoms with E-state index < -0.39 is 23.0 Å². The summed E-state index contributed by atoms with van der Waals surface area (Å²) in [6.07, 6.45) is -3.93. The van der Waals surface area contributed by atoms with Gasteiger partial charge in [0.25, 0.3) is 0 Å². The van der Waals surface area contributed by atoms with E-state index in [4.69, 9.17) is 23.2 Å². The van der Waals surface area contributed by atoms with Crippen molar-refractivity contribution in [3.05, 3.63) is 40.7 Å². The van der Waals surface area contributed by atoms with Gasteiger partial charge in [0.1, 0.15) is 5.82 Å². The van der Waals surface area contributed by atoms with Crippen molar-refractivity contribution >= 4 is 34.2 Å². The van der Waals surface area contributed by atoms with Crippen molar-refractivity contribution < 1.29 is 18.3 Å². The summed E-state index contributed by atoms with van der Waals surface area (Å²) in [6.45, 7) is 5.82. The molecular formula is C14H13Cl2F3N2O. The van der Waals surface area contributed by atoms with E-state index in [-0.39, 0.29) is 21.1 Å². The average Bonchev–Trinajstić information content (AvgIpc) is 2.79. The molecule has 0 saturated heterocycles. The van der Waals surface area contributed by atoms with Crippen LogP contribution in [-0.4, -0.2) is 21.3 Å². The molecule has 0 aliphatic heterocycles. The van der Waals surface area contributed by atoms with Crippen LogP contribution in [-0.2, 0) is 5.60 Å². The zero-order valence-electron chi connectivity index (χ0n) is 11.7. The summed E-state index contributed by atoms with van der Waals surface area (Å²) in [7, 11) is 0. The fraction of sp³-hybridized carbons (Fsp3) is 0.357. The second kappa shape index (κ2) is 5.15. The number of halogens is 5. The minimum atomic E-state index is -4.97. The Hall–Kier alpha value is -1.24. The van der Waals surface area contributed by atoms with E-state index in [1.54, 1.807) is 0 Å². The van der Waals surface area contributed by atoms with E-state index in [9.17, 15) is 18.3 Å². The quantitative estimate of drug-likeness (QED) is 0.777. The standard InChI is InChI=1S/C14H13Cl2F3N2O/c1-4-12(2,3)13(22,14(17,18)19)11-20-9-5-7(15)8(16)6-10(9)21-11/h4-6,22H,1H2,2-3H3,(H,20,21). The highest BCUT2D eigenvalue weighted by atomic mass is 35.5. The minimum absolute atomic E-state index is 0.158. The molecule has 3 nitrogen and oxygen atoms in total. The first-order valence-electron chi connectivity index (χ1n) is 6.22. The lowest BCUT2D eigenvalue weighted by atomic mass is 9.73. The predicted molar refractivity (Wildman–Crippen MR) is 80.0 cm³/mol. The highest BCUT2D eigenvalue weighted by Crippen LogP contribution is 2.50. The molecule has 0 spiro atoms. The first-order valence-corrected chi connectivity index (χ1v) is 6.97. The molecule has 0 aliphatic carbocycles. The van der Waals surface area contributed by atoms with Gasteiger partial charge < -0.3 is 10.1 Å². The van der Waals surface area contributed by atoms with Gasteiger partial charge in [0.2, 0.25) is 5.60 Å². The molecule has 0 amide bonds. The number of imidazole rings is 1. The van der Waals surface area contributed by atoms with Crippen LogP contribution in [0.5, 0.6) is 0 Å². The predicted octanol–water partition coefficient (Wildman–Crippen LogP) is 4.83. The van der Waals surface area contributed by atoms with Crippen LogP contribution in [0.3, 0.4) is 0 Å². The van der Waals surface area contributed by atoms with Gasteiger partial charge in [0, 0.05) is 5.41 Å². The van der Waals surface area contributed by atoms with Crippen molar-refractivity contribution in [3.8, 4) is 0 Å². The van der Waals surface area contributed by atoms with Crippen molar-refractivity contribution in [1.82, 2.24) is 9.97 Å². The van der Waals surface area contributed by atoms with Crippen molar-refractivity contribution in [2.75, 3.05) is 0 Å².